The molecular weight excluding hydrogens is 330 g/mol. The maximum atomic E-state index is 12.3. The van der Waals surface area contributed by atoms with Crippen LogP contribution < -0.4 is 4.72 Å². The molecule has 0 amide bonds. The van der Waals surface area contributed by atoms with E-state index in [4.69, 9.17) is 0 Å². The molecule has 0 aliphatic heterocycles. The number of sulfonamides is 1. The first-order valence-corrected chi connectivity index (χ1v) is 9.13. The van der Waals surface area contributed by atoms with Gasteiger partial charge in [0.15, 0.2) is 5.03 Å². The lowest BCUT2D eigenvalue weighted by Gasteiger charge is -2.30. The molecule has 1 N–H and O–H groups in total. The van der Waals surface area contributed by atoms with Crippen LogP contribution in [0.15, 0.2) is 11.2 Å². The lowest BCUT2D eigenvalue weighted by atomic mass is 9.87. The van der Waals surface area contributed by atoms with Gasteiger partial charge in [-0.15, -0.1) is 0 Å². The molecule has 1 aliphatic rings. The number of rotatable bonds is 4. The molecule has 1 aromatic heterocycles. The van der Waals surface area contributed by atoms with Gasteiger partial charge in [0.05, 0.1) is 0 Å². The summed E-state index contributed by atoms with van der Waals surface area (Å²) in [5, 5.41) is 0.952. The Balaban J connectivity index is 2.16. The molecule has 1 aliphatic carbocycles. The van der Waals surface area contributed by atoms with Gasteiger partial charge in [-0.25, -0.2) is 18.1 Å². The summed E-state index contributed by atoms with van der Waals surface area (Å²) in [7, 11) is -1.71. The van der Waals surface area contributed by atoms with Gasteiger partial charge in [-0.05, 0) is 25.7 Å². The van der Waals surface area contributed by atoms with Crippen molar-refractivity contribution < 1.29 is 8.42 Å². The normalized spacial score (nSPS) is 24.6. The van der Waals surface area contributed by atoms with Gasteiger partial charge in [-0.2, -0.15) is 0 Å². The summed E-state index contributed by atoms with van der Waals surface area (Å²) < 4.78 is 29.2. The van der Waals surface area contributed by atoms with Crippen LogP contribution in [0.2, 0.25) is 0 Å². The number of aryl methyl sites for hydroxylation is 2. The molecular formula is C12H20BrN3O2S. The number of imidazole rings is 1. The number of aromatic nitrogens is 2. The molecule has 0 bridgehead atoms. The van der Waals surface area contributed by atoms with E-state index in [0.29, 0.717) is 11.7 Å². The number of alkyl halides is 1. The van der Waals surface area contributed by atoms with E-state index in [1.165, 1.54) is 6.42 Å². The number of nitrogens with zero attached hydrogens (tertiary/aromatic N) is 2. The van der Waals surface area contributed by atoms with Gasteiger partial charge in [0.1, 0.15) is 5.82 Å². The molecule has 2 unspecified atom stereocenters. The average Bonchev–Trinajstić information content (AvgIpc) is 2.71. The van der Waals surface area contributed by atoms with E-state index in [2.05, 4.69) is 25.6 Å². The molecule has 108 valence electrons. The zero-order valence-corrected chi connectivity index (χ0v) is 13.7. The molecule has 0 spiro atoms. The third kappa shape index (κ3) is 3.38. The van der Waals surface area contributed by atoms with E-state index in [1.807, 2.05) is 0 Å². The second kappa shape index (κ2) is 5.93. The highest BCUT2D eigenvalue weighted by molar-refractivity contribution is 9.09. The summed E-state index contributed by atoms with van der Waals surface area (Å²) in [4.78, 5) is 4.10. The summed E-state index contributed by atoms with van der Waals surface area (Å²) in [5.41, 5.74) is 0. The largest absolute Gasteiger partial charge is 0.337 e. The molecule has 0 radical (unpaired) electrons. The molecule has 2 atom stereocenters. The van der Waals surface area contributed by atoms with Crippen molar-refractivity contribution in [2.24, 2.45) is 13.0 Å². The third-order valence-corrected chi connectivity index (χ3v) is 5.97. The molecule has 2 rings (SSSR count). The number of hydrogen-bond acceptors (Lipinski definition) is 3. The van der Waals surface area contributed by atoms with Crippen LogP contribution in [0.1, 0.15) is 31.5 Å². The Hall–Kier alpha value is -0.400. The summed E-state index contributed by atoms with van der Waals surface area (Å²) in [6.45, 7) is 1.79. The van der Waals surface area contributed by atoms with Crippen molar-refractivity contribution in [2.45, 2.75) is 43.7 Å². The van der Waals surface area contributed by atoms with Crippen LogP contribution >= 0.6 is 15.9 Å². The van der Waals surface area contributed by atoms with Crippen LogP contribution in [0.5, 0.6) is 0 Å². The Kier molecular flexibility index (Phi) is 4.68. The lowest BCUT2D eigenvalue weighted by Crippen LogP contribution is -2.42. The number of nitrogens with one attached hydrogen (secondary N) is 1. The first kappa shape index (κ1) is 15.0. The monoisotopic (exact) mass is 349 g/mol. The fraction of sp³-hybridized carbons (Fsp3) is 0.750. The highest BCUT2D eigenvalue weighted by Crippen LogP contribution is 2.27. The molecule has 0 saturated heterocycles. The van der Waals surface area contributed by atoms with E-state index in [9.17, 15) is 8.42 Å². The predicted octanol–water partition coefficient (Wildman–Crippen LogP) is 1.96. The second-order valence-electron chi connectivity index (χ2n) is 5.16. The standard InChI is InChI=1S/C12H20BrN3O2S/c1-9-14-12(8-16(9)2)19(17,18)15-11-6-4-3-5-10(11)7-13/h8,10-11,15H,3-7H2,1-2H3. The maximum absolute atomic E-state index is 12.3. The zero-order chi connectivity index (χ0) is 14.0. The van der Waals surface area contributed by atoms with Crippen LogP contribution in [-0.4, -0.2) is 29.3 Å². The highest BCUT2D eigenvalue weighted by Gasteiger charge is 2.29. The fourth-order valence-corrected chi connectivity index (χ4v) is 4.62. The van der Waals surface area contributed by atoms with Crippen molar-refractivity contribution in [1.29, 1.82) is 0 Å². The van der Waals surface area contributed by atoms with Crippen molar-refractivity contribution >= 4 is 26.0 Å². The van der Waals surface area contributed by atoms with E-state index in [0.717, 1.165) is 24.6 Å². The van der Waals surface area contributed by atoms with Crippen molar-refractivity contribution in [1.82, 2.24) is 14.3 Å². The van der Waals surface area contributed by atoms with E-state index < -0.39 is 10.0 Å². The van der Waals surface area contributed by atoms with Gasteiger partial charge in [-0.3, -0.25) is 0 Å². The minimum Gasteiger partial charge on any atom is -0.337 e. The molecule has 1 saturated carbocycles. The Labute approximate surface area is 123 Å². The Morgan fingerprint density at radius 3 is 2.74 bits per heavy atom. The topological polar surface area (TPSA) is 64.0 Å². The molecule has 0 aromatic carbocycles. The molecule has 5 nitrogen and oxygen atoms in total. The van der Waals surface area contributed by atoms with Crippen LogP contribution in [0, 0.1) is 12.8 Å². The van der Waals surface area contributed by atoms with E-state index in [-0.39, 0.29) is 11.1 Å². The second-order valence-corrected chi connectivity index (χ2v) is 7.47. The molecule has 7 heteroatoms. The van der Waals surface area contributed by atoms with E-state index in [1.54, 1.807) is 24.7 Å². The van der Waals surface area contributed by atoms with Crippen molar-refractivity contribution in [3.8, 4) is 0 Å². The third-order valence-electron chi connectivity index (χ3n) is 3.78. The zero-order valence-electron chi connectivity index (χ0n) is 11.3. The molecule has 1 heterocycles. The van der Waals surface area contributed by atoms with Crippen LogP contribution in [0.3, 0.4) is 0 Å². The van der Waals surface area contributed by atoms with Gasteiger partial charge < -0.3 is 4.57 Å². The molecule has 1 fully saturated rings. The van der Waals surface area contributed by atoms with Crippen LogP contribution in [0.25, 0.3) is 0 Å². The number of halogens is 1. The summed E-state index contributed by atoms with van der Waals surface area (Å²) in [6.07, 6.45) is 5.79. The van der Waals surface area contributed by atoms with E-state index >= 15 is 0 Å². The fourth-order valence-electron chi connectivity index (χ4n) is 2.46. The number of hydrogen-bond donors (Lipinski definition) is 1. The highest BCUT2D eigenvalue weighted by atomic mass is 79.9. The van der Waals surface area contributed by atoms with Gasteiger partial charge in [-0.1, -0.05) is 28.8 Å². The minimum absolute atomic E-state index is 0.0143. The van der Waals surface area contributed by atoms with Crippen LogP contribution in [-0.2, 0) is 17.1 Å². The van der Waals surface area contributed by atoms with Crippen molar-refractivity contribution in [3.63, 3.8) is 0 Å². The van der Waals surface area contributed by atoms with Gasteiger partial charge in [0, 0.05) is 24.6 Å². The van der Waals surface area contributed by atoms with Gasteiger partial charge in [0.25, 0.3) is 10.0 Å². The summed E-state index contributed by atoms with van der Waals surface area (Å²) in [5.74, 6) is 1.06. The minimum atomic E-state index is -3.51. The summed E-state index contributed by atoms with van der Waals surface area (Å²) in [6, 6.07) is 0.0143. The first-order valence-electron chi connectivity index (χ1n) is 6.52. The Morgan fingerprint density at radius 1 is 1.47 bits per heavy atom. The quantitative estimate of drug-likeness (QED) is 0.845. The Bertz CT molecular complexity index is 522. The first-order chi connectivity index (χ1) is 8.94. The Morgan fingerprint density at radius 2 is 2.16 bits per heavy atom. The molecule has 19 heavy (non-hydrogen) atoms. The van der Waals surface area contributed by atoms with Gasteiger partial charge >= 0.3 is 0 Å². The molecule has 1 aromatic rings. The van der Waals surface area contributed by atoms with Crippen molar-refractivity contribution in [3.05, 3.63) is 12.0 Å². The average molecular weight is 350 g/mol. The van der Waals surface area contributed by atoms with Gasteiger partial charge in [0.2, 0.25) is 0 Å². The smallest absolute Gasteiger partial charge is 0.259 e. The SMILES string of the molecule is Cc1nc(S(=O)(=O)NC2CCCCC2CBr)cn1C. The van der Waals surface area contributed by atoms with Crippen LogP contribution in [0.4, 0.5) is 0 Å². The predicted molar refractivity (Wildman–Crippen MR) is 77.8 cm³/mol. The maximum Gasteiger partial charge on any atom is 0.259 e. The van der Waals surface area contributed by atoms with Crippen molar-refractivity contribution in [2.75, 3.05) is 5.33 Å². The summed E-state index contributed by atoms with van der Waals surface area (Å²) >= 11 is 3.48. The lowest BCUT2D eigenvalue weighted by molar-refractivity contribution is 0.316.